The molecule has 1 aromatic heterocycles. The number of aryl methyl sites for hydroxylation is 1. The number of carboxylic acids is 1. The molecule has 4 heteroatoms. The highest BCUT2D eigenvalue weighted by Gasteiger charge is 2.12. The molecule has 1 N–H and O–H groups in total. The average molecular weight is 218 g/mol. The zero-order chi connectivity index (χ0) is 11.9. The molecule has 0 aliphatic heterocycles. The van der Waals surface area contributed by atoms with Crippen molar-refractivity contribution in [3.05, 3.63) is 30.0 Å². The van der Waals surface area contributed by atoms with E-state index >= 15 is 0 Å². The van der Waals surface area contributed by atoms with Crippen LogP contribution in [0.15, 0.2) is 24.4 Å². The summed E-state index contributed by atoms with van der Waals surface area (Å²) in [6, 6.07) is 5.39. The number of hydrogen-bond acceptors (Lipinski definition) is 2. The van der Waals surface area contributed by atoms with Crippen molar-refractivity contribution < 1.29 is 9.90 Å². The van der Waals surface area contributed by atoms with Crippen LogP contribution in [0.1, 0.15) is 10.4 Å². The van der Waals surface area contributed by atoms with Gasteiger partial charge in [-0.05, 0) is 18.2 Å². The van der Waals surface area contributed by atoms with E-state index < -0.39 is 5.97 Å². The summed E-state index contributed by atoms with van der Waals surface area (Å²) in [5.74, 6) is -0.897. The summed E-state index contributed by atoms with van der Waals surface area (Å²) in [7, 11) is 5.73. The maximum atomic E-state index is 11.0. The highest BCUT2D eigenvalue weighted by Crippen LogP contribution is 2.28. The SMILES string of the molecule is CN(C)c1cc(C(=O)O)cc2c1ccn2C. The molecule has 0 bridgehead atoms. The Morgan fingerprint density at radius 2 is 2.06 bits per heavy atom. The van der Waals surface area contributed by atoms with Crippen molar-refractivity contribution >= 4 is 22.6 Å². The van der Waals surface area contributed by atoms with Crippen molar-refractivity contribution in [1.82, 2.24) is 4.57 Å². The zero-order valence-electron chi connectivity index (χ0n) is 9.56. The molecular weight excluding hydrogens is 204 g/mol. The van der Waals surface area contributed by atoms with Gasteiger partial charge in [0.2, 0.25) is 0 Å². The molecule has 84 valence electrons. The first-order valence-electron chi connectivity index (χ1n) is 5.00. The Morgan fingerprint density at radius 3 is 2.62 bits per heavy atom. The quantitative estimate of drug-likeness (QED) is 0.837. The minimum Gasteiger partial charge on any atom is -0.478 e. The number of aromatic nitrogens is 1. The van der Waals surface area contributed by atoms with Gasteiger partial charge < -0.3 is 14.6 Å². The largest absolute Gasteiger partial charge is 0.478 e. The number of carboxylic acid groups (broad SMARTS) is 1. The summed E-state index contributed by atoms with van der Waals surface area (Å²) in [6.45, 7) is 0. The number of fused-ring (bicyclic) bond motifs is 1. The number of aromatic carboxylic acids is 1. The van der Waals surface area contributed by atoms with E-state index in [0.29, 0.717) is 5.56 Å². The van der Waals surface area contributed by atoms with Gasteiger partial charge in [-0.15, -0.1) is 0 Å². The first-order chi connectivity index (χ1) is 7.50. The molecule has 0 aliphatic rings. The number of benzene rings is 1. The molecule has 0 amide bonds. The molecule has 16 heavy (non-hydrogen) atoms. The van der Waals surface area contributed by atoms with Crippen molar-refractivity contribution in [2.45, 2.75) is 0 Å². The Kier molecular flexibility index (Phi) is 2.34. The molecule has 2 rings (SSSR count). The van der Waals surface area contributed by atoms with Crippen molar-refractivity contribution in [3.63, 3.8) is 0 Å². The van der Waals surface area contributed by atoms with Gasteiger partial charge in [0.05, 0.1) is 11.1 Å². The number of anilines is 1. The number of nitrogens with zero attached hydrogens (tertiary/aromatic N) is 2. The summed E-state index contributed by atoms with van der Waals surface area (Å²) in [4.78, 5) is 13.0. The summed E-state index contributed by atoms with van der Waals surface area (Å²) in [5.41, 5.74) is 2.18. The Bertz CT molecular complexity index is 555. The summed E-state index contributed by atoms with van der Waals surface area (Å²) in [6.07, 6.45) is 1.93. The predicted molar refractivity (Wildman–Crippen MR) is 64.2 cm³/mol. The molecule has 0 aliphatic carbocycles. The average Bonchev–Trinajstić information content (AvgIpc) is 2.59. The fourth-order valence-electron chi connectivity index (χ4n) is 1.85. The van der Waals surface area contributed by atoms with Crippen molar-refractivity contribution in [2.24, 2.45) is 7.05 Å². The lowest BCUT2D eigenvalue weighted by atomic mass is 10.1. The van der Waals surface area contributed by atoms with Gasteiger partial charge in [0.15, 0.2) is 0 Å². The molecule has 0 spiro atoms. The molecule has 1 heterocycles. The minimum atomic E-state index is -0.897. The van der Waals surface area contributed by atoms with E-state index in [1.165, 1.54) is 0 Å². The van der Waals surface area contributed by atoms with Crippen LogP contribution < -0.4 is 4.90 Å². The smallest absolute Gasteiger partial charge is 0.335 e. The summed E-state index contributed by atoms with van der Waals surface area (Å²) >= 11 is 0. The third kappa shape index (κ3) is 1.52. The highest BCUT2D eigenvalue weighted by molar-refractivity contribution is 6.00. The van der Waals surface area contributed by atoms with Gasteiger partial charge in [-0.1, -0.05) is 0 Å². The first-order valence-corrected chi connectivity index (χ1v) is 5.00. The van der Waals surface area contributed by atoms with E-state index in [1.54, 1.807) is 12.1 Å². The van der Waals surface area contributed by atoms with Crippen LogP contribution in [0, 0.1) is 0 Å². The van der Waals surface area contributed by atoms with Crippen LogP contribution in [0.2, 0.25) is 0 Å². The van der Waals surface area contributed by atoms with Gasteiger partial charge in [-0.3, -0.25) is 0 Å². The molecular formula is C12H14N2O2. The van der Waals surface area contributed by atoms with Gasteiger partial charge in [0.1, 0.15) is 0 Å². The van der Waals surface area contributed by atoms with Gasteiger partial charge in [0.25, 0.3) is 0 Å². The third-order valence-electron chi connectivity index (χ3n) is 2.71. The van der Waals surface area contributed by atoms with E-state index in [9.17, 15) is 4.79 Å². The molecule has 0 fully saturated rings. The lowest BCUT2D eigenvalue weighted by molar-refractivity contribution is 0.0697. The first kappa shape index (κ1) is 10.5. The van der Waals surface area contributed by atoms with Crippen molar-refractivity contribution in [1.29, 1.82) is 0 Å². The standard InChI is InChI=1S/C12H14N2O2/c1-13(2)10-6-8(12(15)16)7-11-9(10)4-5-14(11)3/h4-7H,1-3H3,(H,15,16). The van der Waals surface area contributed by atoms with Crippen LogP contribution in [-0.4, -0.2) is 29.7 Å². The van der Waals surface area contributed by atoms with E-state index in [4.69, 9.17) is 5.11 Å². The normalized spacial score (nSPS) is 10.7. The Morgan fingerprint density at radius 1 is 1.38 bits per heavy atom. The van der Waals surface area contributed by atoms with Gasteiger partial charge in [-0.25, -0.2) is 4.79 Å². The second-order valence-corrected chi connectivity index (χ2v) is 4.05. The lowest BCUT2D eigenvalue weighted by Gasteiger charge is -2.15. The van der Waals surface area contributed by atoms with E-state index in [2.05, 4.69) is 0 Å². The molecule has 0 saturated heterocycles. The predicted octanol–water partition coefficient (Wildman–Crippen LogP) is 1.94. The molecule has 4 nitrogen and oxygen atoms in total. The molecule has 0 atom stereocenters. The van der Waals surface area contributed by atoms with Crippen LogP contribution in [0.3, 0.4) is 0 Å². The molecule has 1 aromatic carbocycles. The third-order valence-corrected chi connectivity index (χ3v) is 2.71. The zero-order valence-corrected chi connectivity index (χ0v) is 9.56. The summed E-state index contributed by atoms with van der Waals surface area (Å²) in [5, 5.41) is 10.1. The van der Waals surface area contributed by atoms with Crippen LogP contribution in [-0.2, 0) is 7.05 Å². The van der Waals surface area contributed by atoms with Gasteiger partial charge in [0, 0.05) is 38.4 Å². The monoisotopic (exact) mass is 218 g/mol. The van der Waals surface area contributed by atoms with Gasteiger partial charge in [-0.2, -0.15) is 0 Å². The lowest BCUT2D eigenvalue weighted by Crippen LogP contribution is -2.10. The maximum Gasteiger partial charge on any atom is 0.335 e. The highest BCUT2D eigenvalue weighted by atomic mass is 16.4. The fourth-order valence-corrected chi connectivity index (χ4v) is 1.85. The molecule has 0 unspecified atom stereocenters. The molecule has 2 aromatic rings. The van der Waals surface area contributed by atoms with Gasteiger partial charge >= 0.3 is 5.97 Å². The number of hydrogen-bond donors (Lipinski definition) is 1. The van der Waals surface area contributed by atoms with E-state index in [1.807, 2.05) is 42.9 Å². The van der Waals surface area contributed by atoms with E-state index in [0.717, 1.165) is 16.6 Å². The molecule has 0 saturated carbocycles. The fraction of sp³-hybridized carbons (Fsp3) is 0.250. The second-order valence-electron chi connectivity index (χ2n) is 4.05. The topological polar surface area (TPSA) is 45.5 Å². The maximum absolute atomic E-state index is 11.0. The van der Waals surface area contributed by atoms with Crippen molar-refractivity contribution in [2.75, 3.05) is 19.0 Å². The number of carbonyl (C=O) groups is 1. The van der Waals surface area contributed by atoms with Crippen LogP contribution in [0.25, 0.3) is 10.9 Å². The number of rotatable bonds is 2. The Hall–Kier alpha value is -1.97. The Balaban J connectivity index is 2.80. The Labute approximate surface area is 93.7 Å². The van der Waals surface area contributed by atoms with Crippen LogP contribution in [0.5, 0.6) is 0 Å². The van der Waals surface area contributed by atoms with E-state index in [-0.39, 0.29) is 0 Å². The van der Waals surface area contributed by atoms with Crippen LogP contribution in [0.4, 0.5) is 5.69 Å². The minimum absolute atomic E-state index is 0.318. The van der Waals surface area contributed by atoms with Crippen LogP contribution >= 0.6 is 0 Å². The summed E-state index contributed by atoms with van der Waals surface area (Å²) < 4.78 is 1.93. The van der Waals surface area contributed by atoms with Crippen molar-refractivity contribution in [3.8, 4) is 0 Å². The molecule has 0 radical (unpaired) electrons. The second kappa shape index (κ2) is 3.56.